The Hall–Kier alpha value is -2.10. The van der Waals surface area contributed by atoms with Gasteiger partial charge in [0.05, 0.1) is 17.7 Å². The highest BCUT2D eigenvalue weighted by atomic mass is 32.2. The molecule has 7 nitrogen and oxygen atoms in total. The van der Waals surface area contributed by atoms with Gasteiger partial charge < -0.3 is 4.74 Å². The smallest absolute Gasteiger partial charge is 0.262 e. The molecule has 1 N–H and O–H groups in total. The third-order valence-electron chi connectivity index (χ3n) is 6.55. The number of benzene rings is 2. The Labute approximate surface area is 191 Å². The minimum absolute atomic E-state index is 0.0354. The maximum absolute atomic E-state index is 13.4. The van der Waals surface area contributed by atoms with Crippen molar-refractivity contribution in [2.45, 2.75) is 63.7 Å². The number of hydrogen-bond acceptors (Lipinski definition) is 5. The standard InChI is InChI=1S/C23H32N2O5S2/c1-15-16(2)18(4)23(19(5)17(15)3)31(26,27)24-20-10-11-21(30-6)22(14-20)32(28,29)25-12-8-7-9-13-25/h10-11,14,24H,7-9,12-13H2,1-6H3. The SMILES string of the molecule is COc1ccc(NS(=O)(=O)c2c(C)c(C)c(C)c(C)c2C)cc1S(=O)(=O)N1CCCCC1. The molecule has 0 aliphatic carbocycles. The van der Waals surface area contributed by atoms with E-state index in [-0.39, 0.29) is 21.2 Å². The molecular formula is C23H32N2O5S2. The summed E-state index contributed by atoms with van der Waals surface area (Å²) in [5, 5.41) is 0. The van der Waals surface area contributed by atoms with Crippen molar-refractivity contribution < 1.29 is 21.6 Å². The molecule has 0 atom stereocenters. The fourth-order valence-electron chi connectivity index (χ4n) is 4.26. The fourth-order valence-corrected chi connectivity index (χ4v) is 7.61. The first-order valence-corrected chi connectivity index (χ1v) is 13.6. The van der Waals surface area contributed by atoms with Crippen LogP contribution in [0.1, 0.15) is 47.1 Å². The van der Waals surface area contributed by atoms with Crippen LogP contribution in [-0.4, -0.2) is 41.3 Å². The van der Waals surface area contributed by atoms with Crippen molar-refractivity contribution in [3.8, 4) is 5.75 Å². The van der Waals surface area contributed by atoms with Gasteiger partial charge in [-0.15, -0.1) is 0 Å². The molecule has 1 aliphatic heterocycles. The molecule has 0 saturated carbocycles. The first-order chi connectivity index (χ1) is 14.9. The fraction of sp³-hybridized carbons (Fsp3) is 0.478. The van der Waals surface area contributed by atoms with Gasteiger partial charge in [-0.25, -0.2) is 16.8 Å². The van der Waals surface area contributed by atoms with Gasteiger partial charge in [-0.1, -0.05) is 6.42 Å². The molecule has 32 heavy (non-hydrogen) atoms. The molecule has 2 aromatic carbocycles. The van der Waals surface area contributed by atoms with E-state index >= 15 is 0 Å². The van der Waals surface area contributed by atoms with E-state index in [4.69, 9.17) is 4.74 Å². The second kappa shape index (κ2) is 9.03. The molecule has 1 saturated heterocycles. The summed E-state index contributed by atoms with van der Waals surface area (Å²) < 4.78 is 62.6. The number of anilines is 1. The van der Waals surface area contributed by atoms with E-state index < -0.39 is 20.0 Å². The molecule has 0 unspecified atom stereocenters. The highest BCUT2D eigenvalue weighted by Gasteiger charge is 2.30. The van der Waals surface area contributed by atoms with E-state index in [1.54, 1.807) is 13.8 Å². The van der Waals surface area contributed by atoms with Crippen molar-refractivity contribution in [2.24, 2.45) is 0 Å². The highest BCUT2D eigenvalue weighted by molar-refractivity contribution is 7.92. The lowest BCUT2D eigenvalue weighted by Gasteiger charge is -2.26. The average Bonchev–Trinajstić information content (AvgIpc) is 2.76. The predicted octanol–water partition coefficient (Wildman–Crippen LogP) is 4.21. The molecule has 3 rings (SSSR count). The number of nitrogens with one attached hydrogen (secondary N) is 1. The monoisotopic (exact) mass is 480 g/mol. The van der Waals surface area contributed by atoms with Gasteiger partial charge >= 0.3 is 0 Å². The zero-order valence-electron chi connectivity index (χ0n) is 19.6. The van der Waals surface area contributed by atoms with Gasteiger partial charge in [-0.3, -0.25) is 4.72 Å². The summed E-state index contributed by atoms with van der Waals surface area (Å²) >= 11 is 0. The van der Waals surface area contributed by atoms with Crippen molar-refractivity contribution in [3.05, 3.63) is 46.0 Å². The molecular weight excluding hydrogens is 448 g/mol. The van der Waals surface area contributed by atoms with Gasteiger partial charge in [0.25, 0.3) is 10.0 Å². The Bertz CT molecular complexity index is 1220. The maximum Gasteiger partial charge on any atom is 0.262 e. The van der Waals surface area contributed by atoms with Crippen LogP contribution >= 0.6 is 0 Å². The normalized spacial score (nSPS) is 15.6. The van der Waals surface area contributed by atoms with Crippen LogP contribution in [0.2, 0.25) is 0 Å². The Morgan fingerprint density at radius 3 is 1.88 bits per heavy atom. The summed E-state index contributed by atoms with van der Waals surface area (Å²) in [6.45, 7) is 10.3. The highest BCUT2D eigenvalue weighted by Crippen LogP contribution is 2.34. The Balaban J connectivity index is 2.07. The van der Waals surface area contributed by atoms with Crippen molar-refractivity contribution in [2.75, 3.05) is 24.9 Å². The zero-order valence-corrected chi connectivity index (χ0v) is 21.2. The second-order valence-corrected chi connectivity index (χ2v) is 11.9. The van der Waals surface area contributed by atoms with Crippen molar-refractivity contribution in [1.29, 1.82) is 0 Å². The molecule has 0 spiro atoms. The van der Waals surface area contributed by atoms with Crippen LogP contribution < -0.4 is 9.46 Å². The van der Waals surface area contributed by atoms with E-state index in [1.165, 1.54) is 29.6 Å². The van der Waals surface area contributed by atoms with E-state index in [2.05, 4.69) is 4.72 Å². The molecule has 1 heterocycles. The van der Waals surface area contributed by atoms with Gasteiger partial charge in [0, 0.05) is 13.1 Å². The molecule has 0 aromatic heterocycles. The van der Waals surface area contributed by atoms with Crippen LogP contribution in [0.4, 0.5) is 5.69 Å². The predicted molar refractivity (Wildman–Crippen MR) is 127 cm³/mol. The molecule has 2 aromatic rings. The molecule has 0 radical (unpaired) electrons. The van der Waals surface area contributed by atoms with Crippen LogP contribution in [0.5, 0.6) is 5.75 Å². The second-order valence-electron chi connectivity index (χ2n) is 8.39. The van der Waals surface area contributed by atoms with E-state index in [9.17, 15) is 16.8 Å². The molecule has 1 aliphatic rings. The van der Waals surface area contributed by atoms with Crippen LogP contribution in [0.3, 0.4) is 0 Å². The Morgan fingerprint density at radius 1 is 0.812 bits per heavy atom. The summed E-state index contributed by atoms with van der Waals surface area (Å²) in [6.07, 6.45) is 2.61. The largest absolute Gasteiger partial charge is 0.495 e. The number of hydrogen-bond donors (Lipinski definition) is 1. The summed E-state index contributed by atoms with van der Waals surface area (Å²) in [6, 6.07) is 4.35. The molecule has 0 bridgehead atoms. The number of rotatable bonds is 6. The molecule has 176 valence electrons. The lowest BCUT2D eigenvalue weighted by Crippen LogP contribution is -2.35. The van der Waals surface area contributed by atoms with Crippen LogP contribution in [-0.2, 0) is 20.0 Å². The topological polar surface area (TPSA) is 92.8 Å². The number of methoxy groups -OCH3 is 1. The van der Waals surface area contributed by atoms with Crippen LogP contribution in [0.25, 0.3) is 0 Å². The van der Waals surface area contributed by atoms with Crippen molar-refractivity contribution in [3.63, 3.8) is 0 Å². The van der Waals surface area contributed by atoms with Gasteiger partial charge in [-0.2, -0.15) is 4.31 Å². The van der Waals surface area contributed by atoms with Crippen LogP contribution in [0.15, 0.2) is 28.0 Å². The van der Waals surface area contributed by atoms with E-state index in [0.717, 1.165) is 36.0 Å². The Kier molecular flexibility index (Phi) is 6.93. The van der Waals surface area contributed by atoms with Gasteiger partial charge in [0.2, 0.25) is 10.0 Å². The molecule has 1 fully saturated rings. The summed E-state index contributed by atoms with van der Waals surface area (Å²) in [5.41, 5.74) is 4.48. The summed E-state index contributed by atoms with van der Waals surface area (Å²) in [5.74, 6) is 0.188. The van der Waals surface area contributed by atoms with Gasteiger partial charge in [-0.05, 0) is 93.5 Å². The van der Waals surface area contributed by atoms with Gasteiger partial charge in [0.1, 0.15) is 10.6 Å². The lowest BCUT2D eigenvalue weighted by atomic mass is 9.95. The number of ether oxygens (including phenoxy) is 1. The third kappa shape index (κ3) is 4.38. The minimum atomic E-state index is -3.94. The number of piperidine rings is 1. The number of sulfonamides is 2. The van der Waals surface area contributed by atoms with E-state index in [0.29, 0.717) is 24.2 Å². The van der Waals surface area contributed by atoms with Crippen molar-refractivity contribution >= 4 is 25.7 Å². The average molecular weight is 481 g/mol. The first-order valence-electron chi connectivity index (χ1n) is 10.7. The molecule has 0 amide bonds. The minimum Gasteiger partial charge on any atom is -0.495 e. The van der Waals surface area contributed by atoms with Crippen LogP contribution in [0, 0.1) is 34.6 Å². The zero-order chi connectivity index (χ0) is 23.8. The summed E-state index contributed by atoms with van der Waals surface area (Å²) in [4.78, 5) is 0.196. The maximum atomic E-state index is 13.4. The Morgan fingerprint density at radius 2 is 1.34 bits per heavy atom. The quantitative estimate of drug-likeness (QED) is 0.668. The van der Waals surface area contributed by atoms with Crippen molar-refractivity contribution in [1.82, 2.24) is 4.31 Å². The van der Waals surface area contributed by atoms with Gasteiger partial charge in [0.15, 0.2) is 0 Å². The first kappa shape index (κ1) is 24.5. The molecule has 9 heteroatoms. The summed E-state index contributed by atoms with van der Waals surface area (Å²) in [7, 11) is -6.35. The van der Waals surface area contributed by atoms with E-state index in [1.807, 2.05) is 20.8 Å². The number of nitrogens with zero attached hydrogens (tertiary/aromatic N) is 1. The lowest BCUT2D eigenvalue weighted by molar-refractivity contribution is 0.343. The third-order valence-corrected chi connectivity index (χ3v) is 10.1.